The second-order valence-corrected chi connectivity index (χ2v) is 5.14. The molecular formula is C11H19Cl2N. The molecule has 0 spiro atoms. The van der Waals surface area contributed by atoms with Gasteiger partial charge in [-0.05, 0) is 31.1 Å². The van der Waals surface area contributed by atoms with Gasteiger partial charge < -0.3 is 5.32 Å². The van der Waals surface area contributed by atoms with E-state index in [1.54, 1.807) is 0 Å². The molecule has 1 rings (SSSR count). The van der Waals surface area contributed by atoms with Gasteiger partial charge in [-0.15, -0.1) is 0 Å². The van der Waals surface area contributed by atoms with Crippen molar-refractivity contribution in [3.63, 3.8) is 0 Å². The second-order valence-electron chi connectivity index (χ2n) is 4.44. The summed E-state index contributed by atoms with van der Waals surface area (Å²) in [5, 5.41) is 4.15. The first kappa shape index (κ1) is 12.4. The third-order valence-electron chi connectivity index (χ3n) is 3.08. The van der Waals surface area contributed by atoms with Gasteiger partial charge in [-0.1, -0.05) is 37.0 Å². The number of hydrogen-bond donors (Lipinski definition) is 1. The zero-order chi connectivity index (χ0) is 10.6. The van der Waals surface area contributed by atoms with Crippen LogP contribution in [0.5, 0.6) is 0 Å². The third-order valence-corrected chi connectivity index (χ3v) is 3.70. The summed E-state index contributed by atoms with van der Waals surface area (Å²) in [5.74, 6) is 1.63. The molecule has 0 radical (unpaired) electrons. The van der Waals surface area contributed by atoms with Gasteiger partial charge in [0.05, 0.1) is 0 Å². The van der Waals surface area contributed by atoms with Crippen LogP contribution in [0.15, 0.2) is 10.6 Å². The van der Waals surface area contributed by atoms with Gasteiger partial charge in [0.1, 0.15) is 0 Å². The molecule has 3 unspecified atom stereocenters. The smallest absolute Gasteiger partial charge is 0.0432 e. The fraction of sp³-hybridized carbons (Fsp3) is 0.818. The van der Waals surface area contributed by atoms with Gasteiger partial charge in [0, 0.05) is 23.2 Å². The molecule has 0 aromatic rings. The van der Waals surface area contributed by atoms with Crippen LogP contribution in [-0.4, -0.2) is 12.6 Å². The third kappa shape index (κ3) is 3.80. The van der Waals surface area contributed by atoms with E-state index in [0.717, 1.165) is 11.8 Å². The summed E-state index contributed by atoms with van der Waals surface area (Å²) in [6.07, 6.45) is 3.90. The highest BCUT2D eigenvalue weighted by Crippen LogP contribution is 2.28. The van der Waals surface area contributed by atoms with Gasteiger partial charge in [-0.3, -0.25) is 0 Å². The van der Waals surface area contributed by atoms with Gasteiger partial charge in [0.2, 0.25) is 0 Å². The molecule has 0 saturated heterocycles. The minimum absolute atomic E-state index is 0.608. The highest BCUT2D eigenvalue weighted by Gasteiger charge is 2.24. The van der Waals surface area contributed by atoms with E-state index in [-0.39, 0.29) is 0 Å². The highest BCUT2D eigenvalue weighted by atomic mass is 35.5. The van der Waals surface area contributed by atoms with E-state index in [0.29, 0.717) is 17.6 Å². The lowest BCUT2D eigenvalue weighted by Gasteiger charge is -2.33. The predicted molar refractivity (Wildman–Crippen MR) is 63.8 cm³/mol. The van der Waals surface area contributed by atoms with Crippen molar-refractivity contribution in [2.24, 2.45) is 11.8 Å². The van der Waals surface area contributed by atoms with Crippen molar-refractivity contribution in [3.8, 4) is 0 Å². The van der Waals surface area contributed by atoms with E-state index in [1.165, 1.54) is 24.8 Å². The van der Waals surface area contributed by atoms with Crippen LogP contribution in [-0.2, 0) is 0 Å². The molecule has 1 aliphatic rings. The van der Waals surface area contributed by atoms with Crippen LogP contribution in [0.2, 0.25) is 0 Å². The Morgan fingerprint density at radius 3 is 2.71 bits per heavy atom. The van der Waals surface area contributed by atoms with Crippen molar-refractivity contribution in [3.05, 3.63) is 10.6 Å². The minimum Gasteiger partial charge on any atom is -0.309 e. The molecule has 0 aromatic carbocycles. The average molecular weight is 236 g/mol. The maximum atomic E-state index is 5.83. The van der Waals surface area contributed by atoms with Crippen molar-refractivity contribution in [1.29, 1.82) is 0 Å². The maximum Gasteiger partial charge on any atom is 0.0432 e. The molecule has 0 heterocycles. The van der Waals surface area contributed by atoms with Crippen LogP contribution in [0.25, 0.3) is 0 Å². The average Bonchev–Trinajstić information content (AvgIpc) is 2.16. The molecule has 3 atom stereocenters. The first-order valence-electron chi connectivity index (χ1n) is 5.31. The van der Waals surface area contributed by atoms with Gasteiger partial charge in [0.15, 0.2) is 0 Å². The summed E-state index contributed by atoms with van der Waals surface area (Å²) in [5.41, 5.74) is 1.44. The standard InChI is InChI=1S/C11H19Cl2N/c1-8-3-4-11(9(2)5-8)14-7-10(13)6-12/h6,8-9,11,14H,3-5,7H2,1-2H3/b10-6-. The molecule has 1 nitrogen and oxygen atoms in total. The summed E-state index contributed by atoms with van der Waals surface area (Å²) in [6.45, 7) is 5.35. The summed E-state index contributed by atoms with van der Waals surface area (Å²) in [4.78, 5) is 0. The minimum atomic E-state index is 0.608. The largest absolute Gasteiger partial charge is 0.309 e. The van der Waals surface area contributed by atoms with E-state index < -0.39 is 0 Å². The predicted octanol–water partition coefficient (Wildman–Crippen LogP) is 3.72. The quantitative estimate of drug-likeness (QED) is 0.787. The molecule has 14 heavy (non-hydrogen) atoms. The normalized spacial score (nSPS) is 34.6. The Kier molecular flexibility index (Phi) is 5.29. The number of hydrogen-bond acceptors (Lipinski definition) is 1. The fourth-order valence-corrected chi connectivity index (χ4v) is 2.39. The van der Waals surface area contributed by atoms with Gasteiger partial charge in [-0.25, -0.2) is 0 Å². The summed E-state index contributed by atoms with van der Waals surface area (Å²) in [7, 11) is 0. The lowest BCUT2D eigenvalue weighted by molar-refractivity contribution is 0.233. The van der Waals surface area contributed by atoms with Crippen molar-refractivity contribution < 1.29 is 0 Å². The fourth-order valence-electron chi connectivity index (χ4n) is 2.24. The van der Waals surface area contributed by atoms with Crippen LogP contribution < -0.4 is 5.32 Å². The summed E-state index contributed by atoms with van der Waals surface area (Å²) >= 11 is 11.3. The van der Waals surface area contributed by atoms with E-state index in [4.69, 9.17) is 23.2 Å². The lowest BCUT2D eigenvalue weighted by Crippen LogP contribution is -2.39. The van der Waals surface area contributed by atoms with Crippen LogP contribution in [0, 0.1) is 11.8 Å². The van der Waals surface area contributed by atoms with Crippen molar-refractivity contribution >= 4 is 23.2 Å². The first-order chi connectivity index (χ1) is 6.63. The second kappa shape index (κ2) is 5.99. The van der Waals surface area contributed by atoms with Gasteiger partial charge in [0.25, 0.3) is 0 Å². The maximum absolute atomic E-state index is 5.83. The zero-order valence-electron chi connectivity index (χ0n) is 8.89. The molecule has 1 N–H and O–H groups in total. The summed E-state index contributed by atoms with van der Waals surface area (Å²) < 4.78 is 0. The monoisotopic (exact) mass is 235 g/mol. The van der Waals surface area contributed by atoms with Crippen LogP contribution >= 0.6 is 23.2 Å². The highest BCUT2D eigenvalue weighted by molar-refractivity contribution is 6.36. The first-order valence-corrected chi connectivity index (χ1v) is 6.13. The number of rotatable bonds is 3. The van der Waals surface area contributed by atoms with E-state index in [9.17, 15) is 0 Å². The lowest BCUT2D eigenvalue weighted by atomic mass is 9.80. The van der Waals surface area contributed by atoms with Gasteiger partial charge >= 0.3 is 0 Å². The summed E-state index contributed by atoms with van der Waals surface area (Å²) in [6, 6.07) is 0.608. The number of nitrogens with one attached hydrogen (secondary N) is 1. The molecule has 82 valence electrons. The van der Waals surface area contributed by atoms with E-state index in [1.807, 2.05) is 0 Å². The number of halogens is 2. The van der Waals surface area contributed by atoms with Crippen LogP contribution in [0.1, 0.15) is 33.1 Å². The molecule has 3 heteroatoms. The Hall–Kier alpha value is 0.280. The Labute approximate surface area is 96.8 Å². The van der Waals surface area contributed by atoms with Crippen LogP contribution in [0.4, 0.5) is 0 Å². The van der Waals surface area contributed by atoms with E-state index in [2.05, 4.69) is 19.2 Å². The molecule has 0 amide bonds. The molecule has 1 fully saturated rings. The van der Waals surface area contributed by atoms with Crippen molar-refractivity contribution in [2.75, 3.05) is 6.54 Å². The Morgan fingerprint density at radius 1 is 1.43 bits per heavy atom. The molecule has 0 bridgehead atoms. The van der Waals surface area contributed by atoms with E-state index >= 15 is 0 Å². The van der Waals surface area contributed by atoms with Crippen LogP contribution in [0.3, 0.4) is 0 Å². The SMILES string of the molecule is CC1CCC(NC/C(Cl)=C/Cl)C(C)C1. The van der Waals surface area contributed by atoms with Gasteiger partial charge in [-0.2, -0.15) is 0 Å². The Bertz CT molecular complexity index is 203. The van der Waals surface area contributed by atoms with Crippen molar-refractivity contribution in [1.82, 2.24) is 5.32 Å². The van der Waals surface area contributed by atoms with Crippen molar-refractivity contribution in [2.45, 2.75) is 39.2 Å². The molecule has 1 aliphatic carbocycles. The molecular weight excluding hydrogens is 217 g/mol. The molecule has 1 saturated carbocycles. The zero-order valence-corrected chi connectivity index (χ0v) is 10.4. The molecule has 0 aromatic heterocycles. The topological polar surface area (TPSA) is 12.0 Å². The molecule has 0 aliphatic heterocycles. The Balaban J connectivity index is 2.31. The Morgan fingerprint density at radius 2 is 2.14 bits per heavy atom.